The highest BCUT2D eigenvalue weighted by Crippen LogP contribution is 2.36. The lowest BCUT2D eigenvalue weighted by atomic mass is 9.82. The first kappa shape index (κ1) is 23.1. The highest BCUT2D eigenvalue weighted by atomic mass is 16.2. The summed E-state index contributed by atoms with van der Waals surface area (Å²) < 4.78 is 0. The van der Waals surface area contributed by atoms with Crippen molar-refractivity contribution in [1.82, 2.24) is 10.2 Å². The van der Waals surface area contributed by atoms with Crippen LogP contribution in [0.15, 0.2) is 115 Å². The average molecular weight is 475 g/mol. The van der Waals surface area contributed by atoms with E-state index in [9.17, 15) is 9.59 Å². The van der Waals surface area contributed by atoms with Gasteiger partial charge in [0, 0.05) is 5.69 Å². The fourth-order valence-electron chi connectivity index (χ4n) is 4.55. The van der Waals surface area contributed by atoms with Gasteiger partial charge >= 0.3 is 0 Å². The number of benzene rings is 4. The van der Waals surface area contributed by atoms with Crippen molar-refractivity contribution >= 4 is 23.5 Å². The van der Waals surface area contributed by atoms with Crippen LogP contribution in [0.1, 0.15) is 22.3 Å². The fourth-order valence-corrected chi connectivity index (χ4v) is 4.55. The Hall–Kier alpha value is -4.71. The van der Waals surface area contributed by atoms with Crippen molar-refractivity contribution in [3.63, 3.8) is 0 Å². The van der Waals surface area contributed by atoms with Crippen molar-refractivity contribution in [2.45, 2.75) is 18.5 Å². The molecule has 1 heterocycles. The normalized spacial score (nSPS) is 14.4. The molecule has 0 aromatic heterocycles. The number of anilines is 1. The van der Waals surface area contributed by atoms with Crippen LogP contribution in [0.3, 0.4) is 0 Å². The number of carbonyl (C=O) groups is 2. The molecule has 0 atom stereocenters. The van der Waals surface area contributed by atoms with Gasteiger partial charge in [0.15, 0.2) is 11.5 Å². The van der Waals surface area contributed by atoms with Crippen LogP contribution in [0.5, 0.6) is 0 Å². The molecule has 1 saturated heterocycles. The maximum Gasteiger partial charge on any atom is 0.264 e. The first-order chi connectivity index (χ1) is 17.6. The van der Waals surface area contributed by atoms with Crippen molar-refractivity contribution in [3.8, 4) is 0 Å². The lowest BCUT2D eigenvalue weighted by molar-refractivity contribution is -0.130. The molecule has 1 fully saturated rings. The Kier molecular flexibility index (Phi) is 6.33. The first-order valence-electron chi connectivity index (χ1n) is 11.8. The Morgan fingerprint density at radius 1 is 0.750 bits per heavy atom. The molecule has 6 heteroatoms. The van der Waals surface area contributed by atoms with E-state index in [2.05, 4.69) is 10.6 Å². The second-order valence-electron chi connectivity index (χ2n) is 8.75. The van der Waals surface area contributed by atoms with E-state index in [4.69, 9.17) is 5.41 Å². The Bertz CT molecular complexity index is 1330. The van der Waals surface area contributed by atoms with Gasteiger partial charge in [-0.05, 0) is 34.4 Å². The van der Waals surface area contributed by atoms with Crippen LogP contribution in [0.25, 0.3) is 0 Å². The zero-order chi connectivity index (χ0) is 25.0. The minimum absolute atomic E-state index is 0.0490. The van der Waals surface area contributed by atoms with Crippen LogP contribution in [0.4, 0.5) is 5.69 Å². The summed E-state index contributed by atoms with van der Waals surface area (Å²) in [7, 11) is 0. The molecular formula is C30H26N4O2. The summed E-state index contributed by atoms with van der Waals surface area (Å²) in [4.78, 5) is 27.7. The van der Waals surface area contributed by atoms with Crippen LogP contribution >= 0.6 is 0 Å². The van der Waals surface area contributed by atoms with E-state index >= 15 is 0 Å². The Morgan fingerprint density at radius 3 is 1.83 bits per heavy atom. The largest absolute Gasteiger partial charge is 0.334 e. The third-order valence-corrected chi connectivity index (χ3v) is 6.34. The van der Waals surface area contributed by atoms with Crippen molar-refractivity contribution < 1.29 is 9.59 Å². The van der Waals surface area contributed by atoms with Crippen molar-refractivity contribution in [1.29, 1.82) is 5.41 Å². The van der Waals surface area contributed by atoms with Gasteiger partial charge in [-0.1, -0.05) is 103 Å². The van der Waals surface area contributed by atoms with Gasteiger partial charge in [-0.2, -0.15) is 0 Å². The monoisotopic (exact) mass is 474 g/mol. The van der Waals surface area contributed by atoms with Crippen LogP contribution in [-0.4, -0.2) is 22.7 Å². The van der Waals surface area contributed by atoms with Crippen molar-refractivity contribution in [3.05, 3.63) is 138 Å². The smallest absolute Gasteiger partial charge is 0.264 e. The molecule has 0 bridgehead atoms. The van der Waals surface area contributed by atoms with Gasteiger partial charge in [0.05, 0.1) is 13.0 Å². The Balaban J connectivity index is 1.33. The van der Waals surface area contributed by atoms with Crippen LogP contribution in [-0.2, 0) is 28.1 Å². The number of hydrogen-bond acceptors (Lipinski definition) is 3. The molecule has 1 aliphatic heterocycles. The zero-order valence-corrected chi connectivity index (χ0v) is 19.6. The number of carbonyl (C=O) groups excluding carboxylic acids is 2. The number of guanidine groups is 1. The van der Waals surface area contributed by atoms with Crippen LogP contribution < -0.4 is 10.6 Å². The summed E-state index contributed by atoms with van der Waals surface area (Å²) in [5.74, 6) is -0.247. The molecule has 4 aromatic rings. The Morgan fingerprint density at radius 2 is 1.28 bits per heavy atom. The summed E-state index contributed by atoms with van der Waals surface area (Å²) in [6, 6.07) is 36.0. The number of nitrogens with zero attached hydrogens (tertiary/aromatic N) is 1. The molecular weight excluding hydrogens is 448 g/mol. The summed E-state index contributed by atoms with van der Waals surface area (Å²) in [6.45, 7) is 0.240. The molecule has 0 aliphatic carbocycles. The second kappa shape index (κ2) is 9.88. The maximum absolute atomic E-state index is 13.9. The predicted octanol–water partition coefficient (Wildman–Crippen LogP) is 4.68. The topological polar surface area (TPSA) is 85.3 Å². The molecule has 4 aromatic carbocycles. The minimum Gasteiger partial charge on any atom is -0.334 e. The van der Waals surface area contributed by atoms with E-state index in [0.717, 1.165) is 22.3 Å². The van der Waals surface area contributed by atoms with Crippen LogP contribution in [0, 0.1) is 5.41 Å². The van der Waals surface area contributed by atoms with Gasteiger partial charge in [-0.3, -0.25) is 19.9 Å². The third-order valence-electron chi connectivity index (χ3n) is 6.34. The second-order valence-corrected chi connectivity index (χ2v) is 8.75. The molecule has 5 rings (SSSR count). The summed E-state index contributed by atoms with van der Waals surface area (Å²) >= 11 is 0. The molecule has 6 nitrogen and oxygen atoms in total. The molecule has 2 amide bonds. The van der Waals surface area contributed by atoms with E-state index in [1.54, 1.807) is 0 Å². The van der Waals surface area contributed by atoms with Crippen LogP contribution in [0.2, 0.25) is 0 Å². The highest BCUT2D eigenvalue weighted by Gasteiger charge is 2.52. The quantitative estimate of drug-likeness (QED) is 0.364. The van der Waals surface area contributed by atoms with E-state index < -0.39 is 5.54 Å². The lowest BCUT2D eigenvalue weighted by Crippen LogP contribution is -2.45. The number of rotatable bonds is 7. The van der Waals surface area contributed by atoms with Gasteiger partial charge < -0.3 is 10.6 Å². The number of hydrogen-bond donors (Lipinski definition) is 3. The number of nitrogens with one attached hydrogen (secondary N) is 3. The van der Waals surface area contributed by atoms with Gasteiger partial charge in [-0.25, -0.2) is 0 Å². The van der Waals surface area contributed by atoms with Gasteiger partial charge in [0.2, 0.25) is 5.91 Å². The molecule has 1 aliphatic rings. The molecule has 3 N–H and O–H groups in total. The minimum atomic E-state index is -1.16. The molecule has 0 unspecified atom stereocenters. The molecule has 0 spiro atoms. The van der Waals surface area contributed by atoms with Gasteiger partial charge in [-0.15, -0.1) is 0 Å². The average Bonchev–Trinajstić information content (AvgIpc) is 3.17. The molecule has 36 heavy (non-hydrogen) atoms. The summed E-state index contributed by atoms with van der Waals surface area (Å²) in [6.07, 6.45) is 0.300. The highest BCUT2D eigenvalue weighted by molar-refractivity contribution is 6.10. The lowest BCUT2D eigenvalue weighted by Gasteiger charge is -2.28. The summed E-state index contributed by atoms with van der Waals surface area (Å²) in [5, 5.41) is 14.7. The predicted molar refractivity (Wildman–Crippen MR) is 140 cm³/mol. The number of amides is 2. The third kappa shape index (κ3) is 4.49. The van der Waals surface area contributed by atoms with E-state index in [1.165, 1.54) is 4.90 Å². The van der Waals surface area contributed by atoms with E-state index in [1.807, 2.05) is 115 Å². The molecule has 178 valence electrons. The van der Waals surface area contributed by atoms with Gasteiger partial charge in [0.1, 0.15) is 0 Å². The SMILES string of the molecule is N=C1NC(c2ccccc2)(c2ccccc2)C(=O)N1Cc1ccc(NC(=O)Cc2ccccc2)cc1. The zero-order valence-electron chi connectivity index (χ0n) is 19.6. The molecule has 0 saturated carbocycles. The van der Waals surface area contributed by atoms with E-state index in [-0.39, 0.29) is 24.3 Å². The van der Waals surface area contributed by atoms with Gasteiger partial charge in [0.25, 0.3) is 5.91 Å². The van der Waals surface area contributed by atoms with Crippen molar-refractivity contribution in [2.24, 2.45) is 0 Å². The van der Waals surface area contributed by atoms with E-state index in [0.29, 0.717) is 12.1 Å². The van der Waals surface area contributed by atoms with Crippen molar-refractivity contribution in [2.75, 3.05) is 5.32 Å². The standard InChI is InChI=1S/C30H26N4O2/c31-29-33-30(24-12-6-2-7-13-24,25-14-8-3-9-15-25)28(36)34(29)21-23-16-18-26(19-17-23)32-27(35)20-22-10-4-1-5-11-22/h1-19H,20-21H2,(H2,31,33)(H,32,35). The fraction of sp³-hybridized carbons (Fsp3) is 0.100. The first-order valence-corrected chi connectivity index (χ1v) is 11.8. The maximum atomic E-state index is 13.9. The summed E-state index contributed by atoms with van der Waals surface area (Å²) in [5.41, 5.74) is 2.89. The molecule has 0 radical (unpaired) electrons. The Labute approximate surface area is 210 Å².